The van der Waals surface area contributed by atoms with E-state index >= 15 is 0 Å². The smallest absolute Gasteiger partial charge is 0.0269 e. The molecule has 12 heavy (non-hydrogen) atoms. The van der Waals surface area contributed by atoms with E-state index in [-0.39, 0.29) is 12.4 Å². The fraction of sp³-hybridized carbons (Fsp3) is 0.889. The molecule has 0 N–H and O–H groups in total. The summed E-state index contributed by atoms with van der Waals surface area (Å²) in [5.74, 6) is 0. The van der Waals surface area contributed by atoms with Gasteiger partial charge in [-0.1, -0.05) is 6.92 Å². The molecule has 0 unspecified atom stereocenters. The molecule has 1 saturated heterocycles. The first-order valence-electron chi connectivity index (χ1n) is 4.42. The van der Waals surface area contributed by atoms with Gasteiger partial charge in [0.2, 0.25) is 0 Å². The topological polar surface area (TPSA) is 15.6 Å². The first-order chi connectivity index (χ1) is 5.35. The van der Waals surface area contributed by atoms with Crippen molar-refractivity contribution >= 4 is 19.1 Å². The van der Waals surface area contributed by atoms with Crippen LogP contribution in [0.4, 0.5) is 0 Å². The molecule has 0 radical (unpaired) electrons. The standard InChI is InChI=1S/C7H15N.C2H5N.ClH/c1-2-5-8-6-3-4-7-8;1-3-2;/h2-7H2,1H3;1H2,2H3;1H. The van der Waals surface area contributed by atoms with Crippen LogP contribution in [0.15, 0.2) is 4.99 Å². The van der Waals surface area contributed by atoms with E-state index in [1.54, 1.807) is 7.05 Å². The molecule has 3 heteroatoms. The number of hydrogen-bond acceptors (Lipinski definition) is 2. The highest BCUT2D eigenvalue weighted by molar-refractivity contribution is 5.85. The van der Waals surface area contributed by atoms with Crippen molar-refractivity contribution in [3.8, 4) is 0 Å². The zero-order valence-electron chi connectivity index (χ0n) is 8.25. The lowest BCUT2D eigenvalue weighted by molar-refractivity contribution is 0.339. The molecule has 1 aliphatic heterocycles. The van der Waals surface area contributed by atoms with Crippen molar-refractivity contribution in [2.24, 2.45) is 4.99 Å². The second kappa shape index (κ2) is 10.9. The third-order valence-electron chi connectivity index (χ3n) is 1.74. The summed E-state index contributed by atoms with van der Waals surface area (Å²) in [7, 11) is 1.64. The Morgan fingerprint density at radius 3 is 2.08 bits per heavy atom. The Hall–Kier alpha value is -0.0800. The summed E-state index contributed by atoms with van der Waals surface area (Å²) in [5, 5.41) is 0. The second-order valence-electron chi connectivity index (χ2n) is 2.86. The van der Waals surface area contributed by atoms with Crippen molar-refractivity contribution in [3.05, 3.63) is 0 Å². The number of rotatable bonds is 2. The average molecular weight is 193 g/mol. The lowest BCUT2D eigenvalue weighted by atomic mass is 10.4. The van der Waals surface area contributed by atoms with Gasteiger partial charge in [0.1, 0.15) is 0 Å². The maximum Gasteiger partial charge on any atom is 0.0269 e. The van der Waals surface area contributed by atoms with Crippen molar-refractivity contribution in [2.45, 2.75) is 26.2 Å². The SMILES string of the molecule is C=NC.CCCN1CCCC1.Cl. The van der Waals surface area contributed by atoms with E-state index < -0.39 is 0 Å². The summed E-state index contributed by atoms with van der Waals surface area (Å²) in [6.45, 7) is 9.39. The average Bonchev–Trinajstić information content (AvgIpc) is 2.42. The zero-order valence-corrected chi connectivity index (χ0v) is 9.07. The first-order valence-corrected chi connectivity index (χ1v) is 4.42. The Balaban J connectivity index is 0. The Morgan fingerprint density at radius 2 is 1.75 bits per heavy atom. The molecule has 0 amide bonds. The van der Waals surface area contributed by atoms with Crippen LogP contribution >= 0.6 is 12.4 Å². The van der Waals surface area contributed by atoms with Gasteiger partial charge < -0.3 is 9.89 Å². The van der Waals surface area contributed by atoms with Gasteiger partial charge in [0.05, 0.1) is 0 Å². The Labute approximate surface area is 82.5 Å². The normalized spacial score (nSPS) is 15.8. The largest absolute Gasteiger partial charge is 0.304 e. The lowest BCUT2D eigenvalue weighted by Crippen LogP contribution is -2.19. The van der Waals surface area contributed by atoms with E-state index in [1.165, 1.54) is 38.9 Å². The minimum Gasteiger partial charge on any atom is -0.304 e. The summed E-state index contributed by atoms with van der Waals surface area (Å²) in [6, 6.07) is 0. The van der Waals surface area contributed by atoms with Crippen LogP contribution in [-0.2, 0) is 0 Å². The fourth-order valence-corrected chi connectivity index (χ4v) is 1.32. The summed E-state index contributed by atoms with van der Waals surface area (Å²) >= 11 is 0. The van der Waals surface area contributed by atoms with E-state index in [9.17, 15) is 0 Å². The number of aliphatic imine (C=N–C) groups is 1. The van der Waals surface area contributed by atoms with Gasteiger partial charge in [-0.2, -0.15) is 0 Å². The highest BCUT2D eigenvalue weighted by Crippen LogP contribution is 2.06. The van der Waals surface area contributed by atoms with E-state index in [0.29, 0.717) is 0 Å². The Bertz CT molecular complexity index is 90.5. The molecule has 1 aliphatic rings. The van der Waals surface area contributed by atoms with Gasteiger partial charge in [-0.25, -0.2) is 0 Å². The van der Waals surface area contributed by atoms with Crippen LogP contribution in [0.3, 0.4) is 0 Å². The van der Waals surface area contributed by atoms with E-state index in [2.05, 4.69) is 23.5 Å². The third-order valence-corrected chi connectivity index (χ3v) is 1.74. The molecular weight excluding hydrogens is 172 g/mol. The minimum atomic E-state index is 0. The molecular formula is C9H21ClN2. The summed E-state index contributed by atoms with van der Waals surface area (Å²) < 4.78 is 0. The first kappa shape index (κ1) is 14.4. The quantitative estimate of drug-likeness (QED) is 0.613. The zero-order chi connectivity index (χ0) is 8.53. The molecule has 1 rings (SSSR count). The molecule has 74 valence electrons. The number of nitrogens with zero attached hydrogens (tertiary/aromatic N) is 2. The van der Waals surface area contributed by atoms with Gasteiger partial charge >= 0.3 is 0 Å². The van der Waals surface area contributed by atoms with Crippen LogP contribution in [0, 0.1) is 0 Å². The third kappa shape index (κ3) is 8.02. The van der Waals surface area contributed by atoms with Gasteiger partial charge in [0.25, 0.3) is 0 Å². The highest BCUT2D eigenvalue weighted by atomic mass is 35.5. The molecule has 0 bridgehead atoms. The lowest BCUT2D eigenvalue weighted by Gasteiger charge is -2.11. The van der Waals surface area contributed by atoms with Crippen LogP contribution in [0.2, 0.25) is 0 Å². The fourth-order valence-electron chi connectivity index (χ4n) is 1.32. The van der Waals surface area contributed by atoms with Gasteiger partial charge in [-0.15, -0.1) is 12.4 Å². The molecule has 0 aliphatic carbocycles. The summed E-state index contributed by atoms with van der Waals surface area (Å²) in [6.07, 6.45) is 4.18. The molecule has 1 fully saturated rings. The molecule has 0 saturated carbocycles. The van der Waals surface area contributed by atoms with Crippen molar-refractivity contribution in [1.82, 2.24) is 4.90 Å². The summed E-state index contributed by atoms with van der Waals surface area (Å²) in [4.78, 5) is 5.79. The van der Waals surface area contributed by atoms with Gasteiger partial charge in [0, 0.05) is 7.05 Å². The van der Waals surface area contributed by atoms with Crippen molar-refractivity contribution in [3.63, 3.8) is 0 Å². The number of likely N-dealkylation sites (tertiary alicyclic amines) is 1. The molecule has 2 nitrogen and oxygen atoms in total. The van der Waals surface area contributed by atoms with Crippen LogP contribution in [0.25, 0.3) is 0 Å². The van der Waals surface area contributed by atoms with Crippen molar-refractivity contribution < 1.29 is 0 Å². The maximum atomic E-state index is 3.25. The number of hydrogen-bond donors (Lipinski definition) is 0. The highest BCUT2D eigenvalue weighted by Gasteiger charge is 2.08. The van der Waals surface area contributed by atoms with Crippen LogP contribution in [-0.4, -0.2) is 38.3 Å². The second-order valence-corrected chi connectivity index (χ2v) is 2.86. The van der Waals surface area contributed by atoms with Crippen molar-refractivity contribution in [1.29, 1.82) is 0 Å². The summed E-state index contributed by atoms with van der Waals surface area (Å²) in [5.41, 5.74) is 0. The predicted molar refractivity (Wildman–Crippen MR) is 58.7 cm³/mol. The molecule has 0 spiro atoms. The van der Waals surface area contributed by atoms with Crippen molar-refractivity contribution in [2.75, 3.05) is 26.7 Å². The van der Waals surface area contributed by atoms with Gasteiger partial charge in [-0.05, 0) is 45.6 Å². The van der Waals surface area contributed by atoms with Crippen LogP contribution < -0.4 is 0 Å². The predicted octanol–water partition coefficient (Wildman–Crippen LogP) is 2.23. The molecule has 1 heterocycles. The molecule has 0 atom stereocenters. The monoisotopic (exact) mass is 192 g/mol. The Kier molecular flexibility index (Phi) is 13.1. The Morgan fingerprint density at radius 1 is 1.33 bits per heavy atom. The molecule has 0 aromatic heterocycles. The van der Waals surface area contributed by atoms with Crippen LogP contribution in [0.1, 0.15) is 26.2 Å². The van der Waals surface area contributed by atoms with Crippen LogP contribution in [0.5, 0.6) is 0 Å². The molecule has 0 aromatic rings. The minimum absolute atomic E-state index is 0. The van der Waals surface area contributed by atoms with E-state index in [1.807, 2.05) is 0 Å². The number of halogens is 1. The maximum absolute atomic E-state index is 3.25. The van der Waals surface area contributed by atoms with E-state index in [4.69, 9.17) is 0 Å². The van der Waals surface area contributed by atoms with Gasteiger partial charge in [-0.3, -0.25) is 0 Å². The van der Waals surface area contributed by atoms with Gasteiger partial charge in [0.15, 0.2) is 0 Å². The van der Waals surface area contributed by atoms with E-state index in [0.717, 1.165) is 0 Å². The molecule has 0 aromatic carbocycles.